The lowest BCUT2D eigenvalue weighted by atomic mass is 10.1. The monoisotopic (exact) mass is 439 g/mol. The highest BCUT2D eigenvalue weighted by molar-refractivity contribution is 5.95. The van der Waals surface area contributed by atoms with E-state index in [4.69, 9.17) is 0 Å². The SMILES string of the molecule is Cc1cccc2nc(CNC(=O)c3cnn(-c4cccc(C(F)(F)F)c4)c3C3CC3)cn12. The molecule has 3 heterocycles. The van der Waals surface area contributed by atoms with Crippen LogP contribution in [0.2, 0.25) is 0 Å². The number of carbonyl (C=O) groups excluding carboxylic acids is 1. The second kappa shape index (κ2) is 7.51. The van der Waals surface area contributed by atoms with E-state index in [9.17, 15) is 18.0 Å². The minimum atomic E-state index is -4.45. The highest BCUT2D eigenvalue weighted by Crippen LogP contribution is 2.42. The predicted molar refractivity (Wildman–Crippen MR) is 112 cm³/mol. The van der Waals surface area contributed by atoms with Gasteiger partial charge in [-0.2, -0.15) is 18.3 Å². The number of alkyl halides is 3. The number of carbonyl (C=O) groups is 1. The zero-order valence-electron chi connectivity index (χ0n) is 17.2. The van der Waals surface area contributed by atoms with Gasteiger partial charge in [0.25, 0.3) is 5.91 Å². The Bertz CT molecular complexity index is 1320. The Morgan fingerprint density at radius 1 is 1.19 bits per heavy atom. The molecule has 1 amide bonds. The van der Waals surface area contributed by atoms with Gasteiger partial charge in [-0.15, -0.1) is 0 Å². The fourth-order valence-electron chi connectivity index (χ4n) is 3.85. The predicted octanol–water partition coefficient (Wildman–Crippen LogP) is 4.65. The van der Waals surface area contributed by atoms with Crippen LogP contribution < -0.4 is 5.32 Å². The van der Waals surface area contributed by atoms with E-state index in [0.29, 0.717) is 17.0 Å². The largest absolute Gasteiger partial charge is 0.416 e. The van der Waals surface area contributed by atoms with Crippen LogP contribution in [0.1, 0.15) is 51.8 Å². The zero-order valence-corrected chi connectivity index (χ0v) is 17.2. The lowest BCUT2D eigenvalue weighted by Gasteiger charge is -2.12. The molecular formula is C23H20F3N5O. The molecule has 0 radical (unpaired) electrons. The number of imidazole rings is 1. The maximum atomic E-state index is 13.2. The summed E-state index contributed by atoms with van der Waals surface area (Å²) in [6, 6.07) is 10.8. The molecule has 0 saturated heterocycles. The summed E-state index contributed by atoms with van der Waals surface area (Å²) in [5.74, 6) is -0.218. The van der Waals surface area contributed by atoms with E-state index in [1.54, 1.807) is 6.07 Å². The lowest BCUT2D eigenvalue weighted by molar-refractivity contribution is -0.137. The average Bonchev–Trinajstić information content (AvgIpc) is 3.35. The highest BCUT2D eigenvalue weighted by atomic mass is 19.4. The van der Waals surface area contributed by atoms with Crippen molar-refractivity contribution in [1.82, 2.24) is 24.5 Å². The Kier molecular flexibility index (Phi) is 4.76. The third-order valence-electron chi connectivity index (χ3n) is 5.61. The topological polar surface area (TPSA) is 64.2 Å². The Labute approximate surface area is 181 Å². The molecule has 0 unspecified atom stereocenters. The van der Waals surface area contributed by atoms with Gasteiger partial charge in [0.1, 0.15) is 5.65 Å². The Morgan fingerprint density at radius 3 is 2.69 bits per heavy atom. The van der Waals surface area contributed by atoms with Gasteiger partial charge in [-0.3, -0.25) is 4.79 Å². The van der Waals surface area contributed by atoms with Crippen LogP contribution in [-0.4, -0.2) is 25.1 Å². The van der Waals surface area contributed by atoms with E-state index in [2.05, 4.69) is 15.4 Å². The minimum Gasteiger partial charge on any atom is -0.346 e. The summed E-state index contributed by atoms with van der Waals surface area (Å²) in [5.41, 5.74) is 3.11. The van der Waals surface area contributed by atoms with Gasteiger partial charge in [-0.25, -0.2) is 9.67 Å². The van der Waals surface area contributed by atoms with Gasteiger partial charge < -0.3 is 9.72 Å². The van der Waals surface area contributed by atoms with Crippen molar-refractivity contribution in [3.05, 3.63) is 83.1 Å². The molecule has 1 aliphatic carbocycles. The van der Waals surface area contributed by atoms with Crippen molar-refractivity contribution in [1.29, 1.82) is 0 Å². The third-order valence-corrected chi connectivity index (χ3v) is 5.61. The van der Waals surface area contributed by atoms with Gasteiger partial charge in [0, 0.05) is 17.8 Å². The summed E-state index contributed by atoms with van der Waals surface area (Å²) in [4.78, 5) is 17.5. The van der Waals surface area contributed by atoms with E-state index < -0.39 is 11.7 Å². The number of fused-ring (bicyclic) bond motifs is 1. The number of nitrogens with zero attached hydrogens (tertiary/aromatic N) is 4. The number of pyridine rings is 1. The summed E-state index contributed by atoms with van der Waals surface area (Å²) < 4.78 is 42.9. The summed E-state index contributed by atoms with van der Waals surface area (Å²) in [6.07, 6.45) is 0.596. The quantitative estimate of drug-likeness (QED) is 0.492. The molecule has 1 aliphatic rings. The molecule has 1 aromatic carbocycles. The van der Waals surface area contributed by atoms with E-state index in [-0.39, 0.29) is 24.1 Å². The fraction of sp³-hybridized carbons (Fsp3) is 0.261. The minimum absolute atomic E-state index is 0.102. The molecule has 0 bridgehead atoms. The molecule has 6 nitrogen and oxygen atoms in total. The molecule has 0 aliphatic heterocycles. The molecule has 1 N–H and O–H groups in total. The summed E-state index contributed by atoms with van der Waals surface area (Å²) in [7, 11) is 0. The normalized spacial score (nSPS) is 14.1. The van der Waals surface area contributed by atoms with Gasteiger partial charge in [0.2, 0.25) is 0 Å². The van der Waals surface area contributed by atoms with Gasteiger partial charge in [-0.1, -0.05) is 12.1 Å². The molecule has 32 heavy (non-hydrogen) atoms. The number of amides is 1. The van der Waals surface area contributed by atoms with Crippen molar-refractivity contribution in [3.8, 4) is 5.69 Å². The van der Waals surface area contributed by atoms with Crippen LogP contribution in [0.15, 0.2) is 54.9 Å². The van der Waals surface area contributed by atoms with Crippen LogP contribution in [0, 0.1) is 6.92 Å². The molecule has 1 saturated carbocycles. The first-order valence-corrected chi connectivity index (χ1v) is 10.3. The standard InChI is InChI=1S/C23H20F3N5O/c1-14-4-2-7-20-29-17(13-30(14)20)11-27-22(32)19-12-28-31(21(19)15-8-9-15)18-6-3-5-16(10-18)23(24,25)26/h2-7,10,12-13,15H,8-9,11H2,1H3,(H,27,32). The second-order valence-corrected chi connectivity index (χ2v) is 7.99. The van der Waals surface area contributed by atoms with Crippen molar-refractivity contribution in [2.24, 2.45) is 0 Å². The first-order chi connectivity index (χ1) is 15.3. The Morgan fingerprint density at radius 2 is 1.97 bits per heavy atom. The van der Waals surface area contributed by atoms with E-state index in [1.165, 1.54) is 16.9 Å². The van der Waals surface area contributed by atoms with Crippen molar-refractivity contribution >= 4 is 11.6 Å². The first-order valence-electron chi connectivity index (χ1n) is 10.3. The van der Waals surface area contributed by atoms with Crippen molar-refractivity contribution < 1.29 is 18.0 Å². The number of halogens is 3. The smallest absolute Gasteiger partial charge is 0.346 e. The molecule has 164 valence electrons. The highest BCUT2D eigenvalue weighted by Gasteiger charge is 2.34. The lowest BCUT2D eigenvalue weighted by Crippen LogP contribution is -2.24. The zero-order chi connectivity index (χ0) is 22.5. The van der Waals surface area contributed by atoms with Crippen LogP contribution >= 0.6 is 0 Å². The number of aryl methyl sites for hydroxylation is 1. The van der Waals surface area contributed by atoms with Crippen molar-refractivity contribution in [3.63, 3.8) is 0 Å². The molecular weight excluding hydrogens is 419 g/mol. The average molecular weight is 439 g/mol. The summed E-state index contributed by atoms with van der Waals surface area (Å²) >= 11 is 0. The third kappa shape index (κ3) is 3.74. The molecule has 9 heteroatoms. The van der Waals surface area contributed by atoms with Crippen LogP contribution in [-0.2, 0) is 12.7 Å². The first kappa shape index (κ1) is 20.3. The van der Waals surface area contributed by atoms with Crippen molar-refractivity contribution in [2.45, 2.75) is 38.4 Å². The van der Waals surface area contributed by atoms with Crippen molar-refractivity contribution in [2.75, 3.05) is 0 Å². The van der Waals surface area contributed by atoms with E-state index in [1.807, 2.05) is 35.7 Å². The number of benzene rings is 1. The fourth-order valence-corrected chi connectivity index (χ4v) is 3.85. The maximum Gasteiger partial charge on any atom is 0.416 e. The number of rotatable bonds is 5. The molecule has 3 aromatic heterocycles. The molecule has 5 rings (SSSR count). The van der Waals surface area contributed by atoms with Gasteiger partial charge in [-0.05, 0) is 50.1 Å². The Hall–Kier alpha value is -3.62. The van der Waals surface area contributed by atoms with E-state index >= 15 is 0 Å². The van der Waals surface area contributed by atoms with E-state index in [0.717, 1.165) is 36.3 Å². The summed E-state index contributed by atoms with van der Waals surface area (Å²) in [5, 5.41) is 7.13. The van der Waals surface area contributed by atoms with Crippen LogP contribution in [0.25, 0.3) is 11.3 Å². The maximum absolute atomic E-state index is 13.2. The number of hydrogen-bond donors (Lipinski definition) is 1. The second-order valence-electron chi connectivity index (χ2n) is 7.99. The van der Waals surface area contributed by atoms with Gasteiger partial charge in [0.05, 0.1) is 40.9 Å². The molecule has 0 spiro atoms. The molecule has 0 atom stereocenters. The Balaban J connectivity index is 1.41. The molecule has 4 aromatic rings. The van der Waals surface area contributed by atoms with Crippen LogP contribution in [0.4, 0.5) is 13.2 Å². The molecule has 1 fully saturated rings. The van der Waals surface area contributed by atoms with Gasteiger partial charge in [0.15, 0.2) is 0 Å². The number of hydrogen-bond acceptors (Lipinski definition) is 3. The van der Waals surface area contributed by atoms with Crippen LogP contribution in [0.5, 0.6) is 0 Å². The number of aromatic nitrogens is 4. The van der Waals surface area contributed by atoms with Crippen LogP contribution in [0.3, 0.4) is 0 Å². The number of nitrogens with one attached hydrogen (secondary N) is 1. The van der Waals surface area contributed by atoms with Gasteiger partial charge >= 0.3 is 6.18 Å². The summed E-state index contributed by atoms with van der Waals surface area (Å²) in [6.45, 7) is 2.21.